The van der Waals surface area contributed by atoms with Crippen molar-refractivity contribution in [1.29, 1.82) is 0 Å². The number of hydrogen-bond acceptors (Lipinski definition) is 24. The van der Waals surface area contributed by atoms with Crippen LogP contribution in [-0.4, -0.2) is 278 Å². The van der Waals surface area contributed by atoms with Gasteiger partial charge in [-0.3, -0.25) is 33.8 Å². The summed E-state index contributed by atoms with van der Waals surface area (Å²) in [7, 11) is 5.39. The van der Waals surface area contributed by atoms with E-state index in [0.717, 1.165) is 5.69 Å². The van der Waals surface area contributed by atoms with E-state index in [1.54, 1.807) is 117 Å². The van der Waals surface area contributed by atoms with Crippen molar-refractivity contribution in [2.24, 2.45) is 17.8 Å². The standard InChI is InChI=1S/C71H110N6O20/c1-46-19-17-15-13-11-9-7-8-10-12-14-16-18-20-58(95-70-67(91)65(66(90)48(3)94-70)74-62(88)45-77-31-29-76(30-32-77)33-34-78)42-61-64(69(92)73-27-28-75(5)6)60(87)44-71(93,97-61)43-57(85)39-55(83)37-53(81)35-52(80)36-54(82)38-56(84)41-63(89)96-68(46)47(2)21-26-51(79)40-59(86)49-22-24-50(72-4)25-23-49/h7-20,22-25,46-48,51-53,55-58,60-61,64-68,70,72,78-81,83-85,87,90-91,93H,21,26-45H2,1-6H3,(H,73,92)(H,74,88)/t46?,47?,48-,51?,52?,53?,55?,56?,57?,58?,60?,61?,64?,65+,66-,67+,68?,70+,71?/m1/s1. The van der Waals surface area contributed by atoms with Gasteiger partial charge < -0.3 is 96.0 Å². The maximum atomic E-state index is 14.1. The van der Waals surface area contributed by atoms with E-state index in [9.17, 15) is 80.1 Å². The molecule has 1 aromatic carbocycles. The van der Waals surface area contributed by atoms with Gasteiger partial charge in [-0.15, -0.1) is 0 Å². The molecule has 2 amide bonds. The number of nitrogens with one attached hydrogen (secondary N) is 3. The summed E-state index contributed by atoms with van der Waals surface area (Å²) in [5.41, 5.74) is 1.30. The number of ether oxygens (including phenoxy) is 4. The van der Waals surface area contributed by atoms with E-state index in [2.05, 4.69) is 20.9 Å². The molecule has 1 aromatic rings. The van der Waals surface area contributed by atoms with E-state index in [1.807, 2.05) is 43.8 Å². The Balaban J connectivity index is 1.39. The average molecular weight is 1370 g/mol. The molecular formula is C71H110N6O20. The fourth-order valence-electron chi connectivity index (χ4n) is 12.5. The molecule has 14 N–H and O–H groups in total. The summed E-state index contributed by atoms with van der Waals surface area (Å²) in [5.74, 6) is -7.13. The van der Waals surface area contributed by atoms with Crippen LogP contribution in [0.2, 0.25) is 0 Å². The predicted molar refractivity (Wildman–Crippen MR) is 363 cm³/mol. The Morgan fingerprint density at radius 1 is 0.722 bits per heavy atom. The number of carbonyl (C=O) groups excluding carboxylic acids is 5. The molecule has 26 nitrogen and oxygen atoms in total. The molecule has 4 heterocycles. The Labute approximate surface area is 570 Å². The van der Waals surface area contributed by atoms with Gasteiger partial charge in [0.25, 0.3) is 0 Å². The number of piperazine rings is 1. The Morgan fingerprint density at radius 2 is 1.30 bits per heavy atom. The van der Waals surface area contributed by atoms with E-state index in [1.165, 1.54) is 0 Å². The first kappa shape index (κ1) is 81.9. The number of nitrogens with zero attached hydrogens (tertiary/aromatic N) is 3. The van der Waals surface area contributed by atoms with Gasteiger partial charge in [0.2, 0.25) is 11.8 Å². The van der Waals surface area contributed by atoms with E-state index < -0.39 is 178 Å². The molecular weight excluding hydrogens is 1260 g/mol. The summed E-state index contributed by atoms with van der Waals surface area (Å²) in [6.07, 6.45) is 1.93. The molecule has 2 bridgehead atoms. The lowest BCUT2D eigenvalue weighted by Crippen LogP contribution is -2.65. The number of ketones is 2. The van der Waals surface area contributed by atoms with Crippen molar-refractivity contribution in [3.8, 4) is 0 Å². The van der Waals surface area contributed by atoms with Crippen molar-refractivity contribution < 1.29 is 99.1 Å². The number of amides is 2. The van der Waals surface area contributed by atoms with Crippen LogP contribution in [-0.2, 0) is 38.1 Å². The normalized spacial score (nSPS) is 32.5. The first-order chi connectivity index (χ1) is 46.1. The van der Waals surface area contributed by atoms with Crippen LogP contribution in [0.1, 0.15) is 108 Å². The van der Waals surface area contributed by atoms with Crippen molar-refractivity contribution in [3.63, 3.8) is 0 Å². The summed E-state index contributed by atoms with van der Waals surface area (Å²) < 4.78 is 24.8. The molecule has 5 rings (SSSR count). The van der Waals surface area contributed by atoms with Gasteiger partial charge in [-0.25, -0.2) is 0 Å². The van der Waals surface area contributed by atoms with Gasteiger partial charge in [-0.1, -0.05) is 98.9 Å². The first-order valence-electron chi connectivity index (χ1n) is 34.0. The van der Waals surface area contributed by atoms with Crippen molar-refractivity contribution >= 4 is 35.0 Å². The summed E-state index contributed by atoms with van der Waals surface area (Å²) in [6.45, 7) is 8.74. The van der Waals surface area contributed by atoms with Gasteiger partial charge in [-0.2, -0.15) is 0 Å². The van der Waals surface area contributed by atoms with Crippen molar-refractivity contribution in [2.45, 2.75) is 195 Å². The van der Waals surface area contributed by atoms with E-state index in [4.69, 9.17) is 18.9 Å². The number of Topliss-reactive ketones (excluding diaryl/α,β-unsaturated/α-hetero) is 2. The highest BCUT2D eigenvalue weighted by Gasteiger charge is 2.51. The summed E-state index contributed by atoms with van der Waals surface area (Å²) in [5, 5.41) is 131. The Kier molecular flexibility index (Phi) is 35.8. The molecule has 26 heteroatoms. The fourth-order valence-corrected chi connectivity index (χ4v) is 12.5. The van der Waals surface area contributed by atoms with Gasteiger partial charge in [0.15, 0.2) is 17.9 Å². The SMILES string of the molecule is CNc1ccc(C(=O)CC(O)CCC(C)C2OC(=O)CC(O)CC(=O)CC(O)CC(O)CC(O)CC(O)CC3(O)CC(O)C(C(=O)NCCN(C)C)C(CC(O[C@@H]4O[C@H](C)[C@@H](O)[C@H](NC(=O)CN5CCN(CCO)CC5)[C@@H]4O)C=CC=CC=CC=CC=CC=CC=CC2C)O3)cc1. The average Bonchev–Trinajstić information content (AvgIpc) is 0.788. The molecule has 14 unspecified atom stereocenters. The number of rotatable bonds is 19. The highest BCUT2D eigenvalue weighted by molar-refractivity contribution is 5.96. The van der Waals surface area contributed by atoms with Crippen LogP contribution in [0.15, 0.2) is 109 Å². The fraction of sp³-hybridized carbons (Fsp3) is 0.648. The molecule has 4 aliphatic heterocycles. The lowest BCUT2D eigenvalue weighted by molar-refractivity contribution is -0.307. The number of esters is 1. The Bertz CT molecular complexity index is 2770. The minimum Gasteiger partial charge on any atom is -0.461 e. The van der Waals surface area contributed by atoms with Crippen LogP contribution in [0.5, 0.6) is 0 Å². The molecule has 4 aliphatic rings. The third-order valence-corrected chi connectivity index (χ3v) is 17.8. The number of benzene rings is 1. The number of carbonyl (C=O) groups is 5. The number of allylic oxidation sites excluding steroid dienone is 12. The number of anilines is 1. The molecule has 0 spiro atoms. The van der Waals surface area contributed by atoms with Gasteiger partial charge in [-0.05, 0) is 83.3 Å². The molecule has 0 saturated carbocycles. The molecule has 19 atom stereocenters. The van der Waals surface area contributed by atoms with Crippen LogP contribution in [0, 0.1) is 17.8 Å². The Hall–Kier alpha value is -5.73. The quantitative estimate of drug-likeness (QED) is 0.0681. The highest BCUT2D eigenvalue weighted by atomic mass is 16.7. The van der Waals surface area contributed by atoms with Crippen molar-refractivity contribution in [1.82, 2.24) is 25.3 Å². The van der Waals surface area contributed by atoms with Gasteiger partial charge >= 0.3 is 5.97 Å². The molecule has 3 fully saturated rings. The zero-order chi connectivity index (χ0) is 71.2. The van der Waals surface area contributed by atoms with E-state index >= 15 is 0 Å². The van der Waals surface area contributed by atoms with Crippen molar-refractivity contribution in [3.05, 3.63) is 115 Å². The number of cyclic esters (lactones) is 1. The first-order valence-corrected chi connectivity index (χ1v) is 34.0. The molecule has 0 aliphatic carbocycles. The molecule has 97 heavy (non-hydrogen) atoms. The third-order valence-electron chi connectivity index (χ3n) is 17.8. The predicted octanol–water partition coefficient (Wildman–Crippen LogP) is 1.11. The largest absolute Gasteiger partial charge is 0.461 e. The minimum atomic E-state index is -2.33. The maximum absolute atomic E-state index is 14.1. The van der Waals surface area contributed by atoms with Crippen LogP contribution >= 0.6 is 0 Å². The summed E-state index contributed by atoms with van der Waals surface area (Å²) in [4.78, 5) is 73.0. The van der Waals surface area contributed by atoms with Crippen LogP contribution in [0.3, 0.4) is 0 Å². The molecule has 3 saturated heterocycles. The summed E-state index contributed by atoms with van der Waals surface area (Å²) in [6, 6.07) is 5.64. The topological polar surface area (TPSA) is 391 Å². The molecule has 0 radical (unpaired) electrons. The second-order valence-electron chi connectivity index (χ2n) is 26.5. The number of likely N-dealkylation sites (N-methyl/N-ethyl adjacent to an activating group) is 1. The number of fused-ring (bicyclic) bond motifs is 2. The second-order valence-corrected chi connectivity index (χ2v) is 26.5. The maximum Gasteiger partial charge on any atom is 0.308 e. The number of hydrogen-bond donors (Lipinski definition) is 14. The number of β-amino-alcohol motifs (C(OH)–C–C–N with tert-alkyl or cyclic N) is 1. The monoisotopic (exact) mass is 1370 g/mol. The second kappa shape index (κ2) is 42.4. The van der Waals surface area contributed by atoms with Gasteiger partial charge in [0.05, 0.1) is 92.6 Å². The van der Waals surface area contributed by atoms with E-state index in [-0.39, 0.29) is 56.6 Å². The zero-order valence-corrected chi connectivity index (χ0v) is 57.1. The van der Waals surface area contributed by atoms with Crippen LogP contribution in [0.25, 0.3) is 0 Å². The zero-order valence-electron chi connectivity index (χ0n) is 57.1. The summed E-state index contributed by atoms with van der Waals surface area (Å²) >= 11 is 0. The van der Waals surface area contributed by atoms with E-state index in [0.29, 0.717) is 51.3 Å². The molecule has 0 aromatic heterocycles. The molecule has 544 valence electrons. The van der Waals surface area contributed by atoms with Crippen molar-refractivity contribution in [2.75, 3.05) is 85.4 Å². The lowest BCUT2D eigenvalue weighted by Gasteiger charge is -2.46. The van der Waals surface area contributed by atoms with Gasteiger partial charge in [0.1, 0.15) is 24.1 Å². The minimum absolute atomic E-state index is 0.0135. The van der Waals surface area contributed by atoms with Gasteiger partial charge in [0, 0.05) is 109 Å². The number of aliphatic hydroxyl groups excluding tert-OH is 10. The van der Waals surface area contributed by atoms with Crippen LogP contribution < -0.4 is 16.0 Å². The third kappa shape index (κ3) is 29.6. The Morgan fingerprint density at radius 3 is 1.91 bits per heavy atom. The highest BCUT2D eigenvalue weighted by Crippen LogP contribution is 2.38. The smallest absolute Gasteiger partial charge is 0.308 e. The van der Waals surface area contributed by atoms with Crippen LogP contribution in [0.4, 0.5) is 5.69 Å². The lowest BCUT2D eigenvalue weighted by atomic mass is 9.82. The number of aliphatic hydroxyl groups is 11.